The van der Waals surface area contributed by atoms with Crippen LogP contribution in [0.5, 0.6) is 0 Å². The number of carbonyl (C=O) groups is 1. The molecule has 8 heteroatoms. The molecule has 0 aromatic heterocycles. The summed E-state index contributed by atoms with van der Waals surface area (Å²) in [6, 6.07) is 0. The minimum absolute atomic E-state index is 0. The van der Waals surface area contributed by atoms with Crippen LogP contribution in [0.3, 0.4) is 0 Å². The number of carbonyl (C=O) groups excluding carboxylic acids is 1. The summed E-state index contributed by atoms with van der Waals surface area (Å²) in [6.45, 7) is 7.16. The fraction of sp³-hybridized carbons (Fsp3) is 0.950. The van der Waals surface area contributed by atoms with E-state index in [4.69, 9.17) is 36.1 Å². The van der Waals surface area contributed by atoms with E-state index in [1.54, 1.807) is 6.92 Å². The first-order chi connectivity index (χ1) is 12.6. The van der Waals surface area contributed by atoms with Crippen molar-refractivity contribution in [1.29, 1.82) is 0 Å². The largest absolute Gasteiger partial charge is 0.381 e. The normalized spacial score (nSPS) is 11.0. The summed E-state index contributed by atoms with van der Waals surface area (Å²) in [7, 11) is 0. The van der Waals surface area contributed by atoms with Gasteiger partial charge in [-0.1, -0.05) is 14.9 Å². The minimum atomic E-state index is -0.436. The molecule has 0 bridgehead atoms. The van der Waals surface area contributed by atoms with E-state index in [-0.39, 0.29) is 20.6 Å². The highest BCUT2D eigenvalue weighted by molar-refractivity contribution is 5.75. The molecule has 0 rings (SSSR count). The van der Waals surface area contributed by atoms with Crippen LogP contribution in [-0.2, 0) is 23.7 Å². The molecule has 8 nitrogen and oxygen atoms in total. The van der Waals surface area contributed by atoms with Gasteiger partial charge in [-0.25, -0.2) is 0 Å². The van der Waals surface area contributed by atoms with E-state index in [2.05, 4.69) is 0 Å². The maximum atomic E-state index is 11.1. The minimum Gasteiger partial charge on any atom is -0.381 e. The van der Waals surface area contributed by atoms with Crippen LogP contribution in [0.1, 0.15) is 47.5 Å². The van der Waals surface area contributed by atoms with Gasteiger partial charge in [0, 0.05) is 26.2 Å². The molecular weight excluding hydrogens is 362 g/mol. The number of hydrogen-bond acceptors (Lipinski definition) is 8. The lowest BCUT2D eigenvalue weighted by Gasteiger charge is -2.33. The molecule has 0 unspecified atom stereocenters. The summed E-state index contributed by atoms with van der Waals surface area (Å²) in [6.07, 6.45) is 2.78. The highest BCUT2D eigenvalue weighted by Crippen LogP contribution is 2.21. The standard InChI is InChI=1S/C18H39N3O5.2CH4/c1-17(22)5-12-26-16-18(13-23-9-2-6-19,14-24-10-3-7-20)15-25-11-4-8-21;;/h2-16,19-21H2,1H3;2*1H4. The van der Waals surface area contributed by atoms with Gasteiger partial charge in [-0.15, -0.1) is 0 Å². The van der Waals surface area contributed by atoms with Gasteiger partial charge in [0.2, 0.25) is 0 Å². The number of ketones is 1. The van der Waals surface area contributed by atoms with Crippen LogP contribution in [0.4, 0.5) is 0 Å². The first kappa shape index (κ1) is 32.1. The van der Waals surface area contributed by atoms with Crippen molar-refractivity contribution in [3.05, 3.63) is 0 Å². The van der Waals surface area contributed by atoms with E-state index in [9.17, 15) is 4.79 Å². The van der Waals surface area contributed by atoms with Gasteiger partial charge in [0.15, 0.2) is 0 Å². The predicted octanol–water partition coefficient (Wildman–Crippen LogP) is 1.34. The van der Waals surface area contributed by atoms with E-state index in [0.29, 0.717) is 78.9 Å². The Labute approximate surface area is 172 Å². The molecule has 0 aliphatic heterocycles. The van der Waals surface area contributed by atoms with Crippen molar-refractivity contribution >= 4 is 5.78 Å². The lowest BCUT2D eigenvalue weighted by Crippen LogP contribution is -2.42. The first-order valence-corrected chi connectivity index (χ1v) is 9.51. The Hall–Kier alpha value is -0.610. The van der Waals surface area contributed by atoms with E-state index >= 15 is 0 Å². The number of ether oxygens (including phenoxy) is 4. The molecule has 0 spiro atoms. The zero-order chi connectivity index (χ0) is 19.5. The van der Waals surface area contributed by atoms with E-state index in [0.717, 1.165) is 19.3 Å². The van der Waals surface area contributed by atoms with Crippen LogP contribution in [0.2, 0.25) is 0 Å². The van der Waals surface area contributed by atoms with Crippen molar-refractivity contribution in [3.63, 3.8) is 0 Å². The number of Topliss-reactive ketones (excluding diaryl/α,β-unsaturated/α-hetero) is 1. The van der Waals surface area contributed by atoms with Gasteiger partial charge in [0.05, 0.1) is 38.4 Å². The van der Waals surface area contributed by atoms with Crippen LogP contribution in [0.15, 0.2) is 0 Å². The number of rotatable bonds is 20. The molecule has 0 radical (unpaired) electrons. The van der Waals surface area contributed by atoms with E-state index in [1.807, 2.05) is 0 Å². The third kappa shape index (κ3) is 18.7. The second-order valence-electron chi connectivity index (χ2n) is 6.59. The molecule has 0 amide bonds. The Bertz CT molecular complexity index is 302. The first-order valence-electron chi connectivity index (χ1n) is 9.51. The molecule has 0 aliphatic carbocycles. The summed E-state index contributed by atoms with van der Waals surface area (Å²) in [5.41, 5.74) is 16.1. The summed E-state index contributed by atoms with van der Waals surface area (Å²) in [5.74, 6) is 0.105. The summed E-state index contributed by atoms with van der Waals surface area (Å²) >= 11 is 0. The summed E-state index contributed by atoms with van der Waals surface area (Å²) in [5, 5.41) is 0. The zero-order valence-electron chi connectivity index (χ0n) is 16.4. The fourth-order valence-corrected chi connectivity index (χ4v) is 2.18. The van der Waals surface area contributed by atoms with E-state index in [1.165, 1.54) is 0 Å². The van der Waals surface area contributed by atoms with Crippen molar-refractivity contribution in [2.45, 2.75) is 47.5 Å². The van der Waals surface area contributed by atoms with Crippen LogP contribution in [0, 0.1) is 5.41 Å². The average Bonchev–Trinajstić information content (AvgIpc) is 2.63. The lowest BCUT2D eigenvalue weighted by atomic mass is 9.92. The molecule has 172 valence electrons. The maximum Gasteiger partial charge on any atom is 0.132 e. The average molecular weight is 410 g/mol. The van der Waals surface area contributed by atoms with Crippen LogP contribution < -0.4 is 17.2 Å². The third-order valence-electron chi connectivity index (χ3n) is 3.71. The Morgan fingerprint density at radius 3 is 1.29 bits per heavy atom. The van der Waals surface area contributed by atoms with Crippen molar-refractivity contribution in [2.24, 2.45) is 22.6 Å². The van der Waals surface area contributed by atoms with Gasteiger partial charge >= 0.3 is 0 Å². The van der Waals surface area contributed by atoms with Gasteiger partial charge < -0.3 is 36.1 Å². The van der Waals surface area contributed by atoms with Gasteiger partial charge in [-0.05, 0) is 45.8 Å². The molecule has 0 saturated heterocycles. The summed E-state index contributed by atoms with van der Waals surface area (Å²) < 4.78 is 23.1. The van der Waals surface area contributed by atoms with Crippen molar-refractivity contribution < 1.29 is 23.7 Å². The summed E-state index contributed by atoms with van der Waals surface area (Å²) in [4.78, 5) is 11.1. The zero-order valence-corrected chi connectivity index (χ0v) is 16.4. The second kappa shape index (κ2) is 22.7. The molecule has 28 heavy (non-hydrogen) atoms. The molecule has 6 N–H and O–H groups in total. The highest BCUT2D eigenvalue weighted by Gasteiger charge is 2.32. The molecule has 0 aromatic carbocycles. The Kier molecular flexibility index (Phi) is 26.0. The highest BCUT2D eigenvalue weighted by atomic mass is 16.5. The molecular formula is C20H47N3O5. The smallest absolute Gasteiger partial charge is 0.132 e. The SMILES string of the molecule is C.C.CC(=O)CCOCC(COCCCN)(COCCCN)COCCCN. The molecule has 0 atom stereocenters. The van der Waals surface area contributed by atoms with Gasteiger partial charge in [-0.2, -0.15) is 0 Å². The Morgan fingerprint density at radius 2 is 1.00 bits per heavy atom. The third-order valence-corrected chi connectivity index (χ3v) is 3.71. The van der Waals surface area contributed by atoms with Crippen LogP contribution >= 0.6 is 0 Å². The van der Waals surface area contributed by atoms with Gasteiger partial charge in [0.25, 0.3) is 0 Å². The molecule has 0 fully saturated rings. The number of hydrogen-bond donors (Lipinski definition) is 3. The van der Waals surface area contributed by atoms with Crippen molar-refractivity contribution in [1.82, 2.24) is 0 Å². The fourth-order valence-electron chi connectivity index (χ4n) is 2.18. The topological polar surface area (TPSA) is 132 Å². The second-order valence-corrected chi connectivity index (χ2v) is 6.59. The predicted molar refractivity (Wildman–Crippen MR) is 115 cm³/mol. The molecule has 0 aromatic rings. The van der Waals surface area contributed by atoms with Crippen LogP contribution in [-0.4, -0.2) is 78.3 Å². The van der Waals surface area contributed by atoms with Gasteiger partial charge in [-0.3, -0.25) is 4.79 Å². The Morgan fingerprint density at radius 1 is 0.679 bits per heavy atom. The number of nitrogens with two attached hydrogens (primary N) is 3. The van der Waals surface area contributed by atoms with Crippen molar-refractivity contribution in [3.8, 4) is 0 Å². The molecule has 0 heterocycles. The monoisotopic (exact) mass is 409 g/mol. The maximum absolute atomic E-state index is 11.1. The lowest BCUT2D eigenvalue weighted by molar-refractivity contribution is -0.121. The molecule has 0 saturated carbocycles. The van der Waals surface area contributed by atoms with Crippen LogP contribution in [0.25, 0.3) is 0 Å². The Balaban J connectivity index is -0.00000312. The van der Waals surface area contributed by atoms with E-state index < -0.39 is 5.41 Å². The molecule has 0 aliphatic rings. The van der Waals surface area contributed by atoms with Crippen molar-refractivity contribution in [2.75, 3.05) is 72.5 Å². The quantitative estimate of drug-likeness (QED) is 0.257. The van der Waals surface area contributed by atoms with Gasteiger partial charge in [0.1, 0.15) is 5.78 Å².